The lowest BCUT2D eigenvalue weighted by Gasteiger charge is -2.10. The molecule has 1 heterocycles. The van der Waals surface area contributed by atoms with Crippen molar-refractivity contribution in [2.75, 3.05) is 14.2 Å². The van der Waals surface area contributed by atoms with Gasteiger partial charge in [-0.15, -0.1) is 0 Å². The van der Waals surface area contributed by atoms with Crippen molar-refractivity contribution in [3.05, 3.63) is 64.0 Å². The van der Waals surface area contributed by atoms with E-state index in [-0.39, 0.29) is 36.3 Å². The molecular weight excluding hydrogens is 405 g/mol. The summed E-state index contributed by atoms with van der Waals surface area (Å²) in [5, 5.41) is 9.12. The van der Waals surface area contributed by atoms with Gasteiger partial charge in [-0.3, -0.25) is 14.2 Å². The SMILES string of the molecule is COc1cc2ncn(CCCC(=O)OCc3ccc(C#N)cc3F)c(=O)c2cc1OC. The van der Waals surface area contributed by atoms with Crippen LogP contribution in [-0.4, -0.2) is 29.7 Å². The second kappa shape index (κ2) is 9.71. The lowest BCUT2D eigenvalue weighted by Crippen LogP contribution is -2.21. The molecule has 0 amide bonds. The molecule has 0 radical (unpaired) electrons. The van der Waals surface area contributed by atoms with E-state index < -0.39 is 11.8 Å². The molecule has 0 fully saturated rings. The Labute approximate surface area is 177 Å². The second-order valence-electron chi connectivity index (χ2n) is 6.65. The number of hydrogen-bond donors (Lipinski definition) is 0. The van der Waals surface area contributed by atoms with Gasteiger partial charge in [0.15, 0.2) is 11.5 Å². The van der Waals surface area contributed by atoms with Crippen molar-refractivity contribution >= 4 is 16.9 Å². The predicted octanol–water partition coefficient (Wildman–Crippen LogP) is 2.95. The Morgan fingerprint density at radius 3 is 2.61 bits per heavy atom. The molecule has 0 spiro atoms. The van der Waals surface area contributed by atoms with Crippen LogP contribution in [0.15, 0.2) is 41.5 Å². The first-order chi connectivity index (χ1) is 15.0. The minimum atomic E-state index is -0.604. The molecule has 3 aromatic rings. The molecule has 0 bridgehead atoms. The first kappa shape index (κ1) is 21.8. The normalized spacial score (nSPS) is 10.5. The van der Waals surface area contributed by atoms with Gasteiger partial charge >= 0.3 is 5.97 Å². The molecule has 0 unspecified atom stereocenters. The third kappa shape index (κ3) is 4.98. The minimum absolute atomic E-state index is 0.0499. The quantitative estimate of drug-likeness (QED) is 0.511. The molecule has 2 aromatic carbocycles. The van der Waals surface area contributed by atoms with E-state index in [4.69, 9.17) is 19.5 Å². The van der Waals surface area contributed by atoms with Crippen LogP contribution in [0.1, 0.15) is 24.0 Å². The highest BCUT2D eigenvalue weighted by atomic mass is 19.1. The lowest BCUT2D eigenvalue weighted by atomic mass is 10.1. The number of esters is 1. The highest BCUT2D eigenvalue weighted by Gasteiger charge is 2.12. The Balaban J connectivity index is 1.60. The van der Waals surface area contributed by atoms with Gasteiger partial charge in [0, 0.05) is 24.6 Å². The average molecular weight is 425 g/mol. The van der Waals surface area contributed by atoms with Crippen LogP contribution in [0.25, 0.3) is 10.9 Å². The summed E-state index contributed by atoms with van der Waals surface area (Å²) in [6.45, 7) is 0.0337. The number of aromatic nitrogens is 2. The monoisotopic (exact) mass is 425 g/mol. The zero-order valence-electron chi connectivity index (χ0n) is 17.1. The third-order valence-electron chi connectivity index (χ3n) is 4.68. The van der Waals surface area contributed by atoms with Crippen molar-refractivity contribution in [1.82, 2.24) is 9.55 Å². The summed E-state index contributed by atoms with van der Waals surface area (Å²) >= 11 is 0. The number of rotatable bonds is 8. The summed E-state index contributed by atoms with van der Waals surface area (Å²) in [4.78, 5) is 29.0. The predicted molar refractivity (Wildman–Crippen MR) is 109 cm³/mol. The van der Waals surface area contributed by atoms with Gasteiger partial charge in [-0.2, -0.15) is 5.26 Å². The maximum absolute atomic E-state index is 13.8. The van der Waals surface area contributed by atoms with Crippen molar-refractivity contribution in [2.24, 2.45) is 0 Å². The zero-order chi connectivity index (χ0) is 22.4. The number of nitriles is 1. The largest absolute Gasteiger partial charge is 0.493 e. The molecule has 0 N–H and O–H groups in total. The van der Waals surface area contributed by atoms with Crippen LogP contribution in [0.5, 0.6) is 11.5 Å². The molecule has 0 aliphatic rings. The van der Waals surface area contributed by atoms with E-state index in [1.165, 1.54) is 37.2 Å². The van der Waals surface area contributed by atoms with Gasteiger partial charge < -0.3 is 14.2 Å². The van der Waals surface area contributed by atoms with E-state index in [0.717, 1.165) is 6.07 Å². The first-order valence-corrected chi connectivity index (χ1v) is 9.42. The maximum atomic E-state index is 13.8. The molecular formula is C22H20FN3O5. The molecule has 9 heteroatoms. The topological polar surface area (TPSA) is 103 Å². The first-order valence-electron chi connectivity index (χ1n) is 9.42. The summed E-state index contributed by atoms with van der Waals surface area (Å²) in [5.74, 6) is -0.226. The Morgan fingerprint density at radius 1 is 1.19 bits per heavy atom. The average Bonchev–Trinajstić information content (AvgIpc) is 2.78. The van der Waals surface area contributed by atoms with Crippen LogP contribution in [0.4, 0.5) is 4.39 Å². The van der Waals surface area contributed by atoms with Gasteiger partial charge in [0.05, 0.1) is 43.1 Å². The summed E-state index contributed by atoms with van der Waals surface area (Å²) < 4.78 is 30.8. The van der Waals surface area contributed by atoms with Crippen molar-refractivity contribution < 1.29 is 23.4 Å². The number of fused-ring (bicyclic) bond motifs is 1. The summed E-state index contributed by atoms with van der Waals surface area (Å²) in [7, 11) is 2.98. The molecule has 8 nitrogen and oxygen atoms in total. The number of ether oxygens (including phenoxy) is 3. The highest BCUT2D eigenvalue weighted by Crippen LogP contribution is 2.29. The fraction of sp³-hybridized carbons (Fsp3) is 0.273. The van der Waals surface area contributed by atoms with Crippen LogP contribution < -0.4 is 15.0 Å². The summed E-state index contributed by atoms with van der Waals surface area (Å²) in [5.41, 5.74) is 0.589. The number of hydrogen-bond acceptors (Lipinski definition) is 7. The van der Waals surface area contributed by atoms with E-state index >= 15 is 0 Å². The number of benzene rings is 2. The van der Waals surface area contributed by atoms with E-state index in [9.17, 15) is 14.0 Å². The molecule has 31 heavy (non-hydrogen) atoms. The number of aryl methyl sites for hydroxylation is 1. The van der Waals surface area contributed by atoms with Gasteiger partial charge in [0.1, 0.15) is 12.4 Å². The molecule has 0 atom stereocenters. The van der Waals surface area contributed by atoms with Crippen LogP contribution in [0, 0.1) is 17.1 Å². The Hall–Kier alpha value is -3.93. The minimum Gasteiger partial charge on any atom is -0.493 e. The maximum Gasteiger partial charge on any atom is 0.306 e. The highest BCUT2D eigenvalue weighted by molar-refractivity contribution is 5.81. The lowest BCUT2D eigenvalue weighted by molar-refractivity contribution is -0.145. The van der Waals surface area contributed by atoms with Crippen LogP contribution in [0.2, 0.25) is 0 Å². The fourth-order valence-electron chi connectivity index (χ4n) is 3.00. The smallest absolute Gasteiger partial charge is 0.306 e. The Bertz CT molecular complexity index is 1220. The Morgan fingerprint density at radius 2 is 1.94 bits per heavy atom. The summed E-state index contributed by atoms with van der Waals surface area (Å²) in [6.07, 6.45) is 1.80. The molecule has 0 aliphatic carbocycles. The summed E-state index contributed by atoms with van der Waals surface area (Å²) in [6, 6.07) is 8.98. The molecule has 0 saturated carbocycles. The van der Waals surface area contributed by atoms with E-state index in [0.29, 0.717) is 28.8 Å². The van der Waals surface area contributed by atoms with E-state index in [1.807, 2.05) is 6.07 Å². The molecule has 3 rings (SSSR count). The Kier molecular flexibility index (Phi) is 6.82. The van der Waals surface area contributed by atoms with Crippen LogP contribution in [0.3, 0.4) is 0 Å². The standard InChI is InChI=1S/C22H20FN3O5/c1-29-19-9-16-18(10-20(19)30-2)25-13-26(22(16)28)7-3-4-21(27)31-12-15-6-5-14(11-24)8-17(15)23/h5-6,8-10,13H,3-4,7,12H2,1-2H3. The molecule has 0 saturated heterocycles. The number of carbonyl (C=O) groups excluding carboxylic acids is 1. The van der Waals surface area contributed by atoms with E-state index in [1.54, 1.807) is 12.1 Å². The third-order valence-corrected chi connectivity index (χ3v) is 4.68. The number of nitrogens with zero attached hydrogens (tertiary/aromatic N) is 3. The molecule has 1 aromatic heterocycles. The van der Waals surface area contributed by atoms with Gasteiger partial charge in [0.25, 0.3) is 5.56 Å². The van der Waals surface area contributed by atoms with Gasteiger partial charge in [-0.1, -0.05) is 6.07 Å². The van der Waals surface area contributed by atoms with Crippen molar-refractivity contribution in [3.8, 4) is 17.6 Å². The van der Waals surface area contributed by atoms with Crippen LogP contribution in [-0.2, 0) is 22.7 Å². The number of halogens is 1. The van der Waals surface area contributed by atoms with Gasteiger partial charge in [0.2, 0.25) is 0 Å². The van der Waals surface area contributed by atoms with Gasteiger partial charge in [-0.05, 0) is 24.6 Å². The number of methoxy groups -OCH3 is 2. The fourth-order valence-corrected chi connectivity index (χ4v) is 3.00. The number of carbonyl (C=O) groups is 1. The van der Waals surface area contributed by atoms with Crippen LogP contribution >= 0.6 is 0 Å². The molecule has 160 valence electrons. The van der Waals surface area contributed by atoms with E-state index in [2.05, 4.69) is 4.98 Å². The second-order valence-corrected chi connectivity index (χ2v) is 6.65. The zero-order valence-corrected chi connectivity index (χ0v) is 17.1. The molecule has 0 aliphatic heterocycles. The van der Waals surface area contributed by atoms with Gasteiger partial charge in [-0.25, -0.2) is 9.37 Å². The van der Waals surface area contributed by atoms with Crippen molar-refractivity contribution in [3.63, 3.8) is 0 Å². The van der Waals surface area contributed by atoms with Crippen molar-refractivity contribution in [2.45, 2.75) is 26.0 Å². The van der Waals surface area contributed by atoms with Crippen molar-refractivity contribution in [1.29, 1.82) is 5.26 Å².